The lowest BCUT2D eigenvalue weighted by atomic mass is 10.1. The van der Waals surface area contributed by atoms with Gasteiger partial charge < -0.3 is 9.80 Å². The Balaban J connectivity index is 1.45. The van der Waals surface area contributed by atoms with E-state index in [1.807, 2.05) is 35.2 Å². The van der Waals surface area contributed by atoms with Crippen LogP contribution in [0.1, 0.15) is 38.9 Å². The smallest absolute Gasteiger partial charge is 0.259 e. The number of anilines is 1. The number of amides is 1. The maximum Gasteiger partial charge on any atom is 0.259 e. The number of Topliss-reactive ketones (excluding diaryl/α,β-unsaturated/α-hetero) is 1. The first-order valence-corrected chi connectivity index (χ1v) is 10.8. The highest BCUT2D eigenvalue weighted by atomic mass is 35.5. The van der Waals surface area contributed by atoms with Gasteiger partial charge in [0.05, 0.1) is 23.5 Å². The minimum atomic E-state index is -0.432. The second kappa shape index (κ2) is 9.12. The Kier molecular flexibility index (Phi) is 6.28. The zero-order valence-electron chi connectivity index (χ0n) is 18.0. The van der Waals surface area contributed by atoms with Crippen LogP contribution in [0.2, 0.25) is 5.15 Å². The molecule has 0 spiro atoms. The second-order valence-electron chi connectivity index (χ2n) is 7.90. The normalized spacial score (nSPS) is 14.0. The molecule has 1 amide bonds. The van der Waals surface area contributed by atoms with Crippen molar-refractivity contribution in [2.75, 3.05) is 31.1 Å². The third kappa shape index (κ3) is 4.39. The van der Waals surface area contributed by atoms with E-state index < -0.39 is 5.82 Å². The minimum Gasteiger partial charge on any atom is -0.366 e. The van der Waals surface area contributed by atoms with Crippen molar-refractivity contribution in [1.29, 1.82) is 0 Å². The molecule has 3 aromatic rings. The Morgan fingerprint density at radius 3 is 2.38 bits per heavy atom. The molecule has 2 heterocycles. The Labute approximate surface area is 191 Å². The zero-order chi connectivity index (χ0) is 22.8. The number of carbonyl (C=O) groups excluding carboxylic acids is 2. The maximum absolute atomic E-state index is 14.5. The maximum atomic E-state index is 14.5. The molecule has 2 aromatic carbocycles. The quantitative estimate of drug-likeness (QED) is 0.542. The summed E-state index contributed by atoms with van der Waals surface area (Å²) in [5.41, 5.74) is 2.82. The fourth-order valence-corrected chi connectivity index (χ4v) is 4.26. The highest BCUT2D eigenvalue weighted by Gasteiger charge is 2.28. The predicted octanol–water partition coefficient (Wildman–Crippen LogP) is 4.20. The number of piperazine rings is 1. The number of halogens is 2. The molecule has 0 N–H and O–H groups in total. The van der Waals surface area contributed by atoms with E-state index in [-0.39, 0.29) is 11.7 Å². The van der Waals surface area contributed by atoms with Crippen molar-refractivity contribution in [3.63, 3.8) is 0 Å². The zero-order valence-corrected chi connectivity index (χ0v) is 18.8. The number of aryl methyl sites for hydroxylation is 1. The van der Waals surface area contributed by atoms with Crippen LogP contribution in [-0.4, -0.2) is 52.5 Å². The van der Waals surface area contributed by atoms with E-state index >= 15 is 0 Å². The Hall–Kier alpha value is -3.19. The van der Waals surface area contributed by atoms with Gasteiger partial charge in [-0.15, -0.1) is 0 Å². The average molecular weight is 455 g/mol. The lowest BCUT2D eigenvalue weighted by Gasteiger charge is -2.36. The van der Waals surface area contributed by atoms with Gasteiger partial charge in [-0.2, -0.15) is 5.10 Å². The number of rotatable bonds is 5. The fourth-order valence-electron chi connectivity index (χ4n) is 3.95. The van der Waals surface area contributed by atoms with Crippen molar-refractivity contribution in [2.24, 2.45) is 0 Å². The monoisotopic (exact) mass is 454 g/mol. The third-order valence-corrected chi connectivity index (χ3v) is 6.10. The van der Waals surface area contributed by atoms with E-state index in [0.29, 0.717) is 60.4 Å². The molecule has 1 aliphatic heterocycles. The molecule has 166 valence electrons. The first kappa shape index (κ1) is 22.0. The molecule has 1 saturated heterocycles. The first-order chi connectivity index (χ1) is 15.3. The molecule has 1 aliphatic rings. The topological polar surface area (TPSA) is 58.4 Å². The van der Waals surface area contributed by atoms with Crippen LogP contribution in [-0.2, 0) is 6.54 Å². The predicted molar refractivity (Wildman–Crippen MR) is 122 cm³/mol. The van der Waals surface area contributed by atoms with Gasteiger partial charge in [0.15, 0.2) is 5.78 Å². The standard InChI is InChI=1S/C24H24ClFN4O2/c1-16-22(23(25)30(27-16)15-18-6-4-3-5-7-18)24(32)29-12-10-28(11-13-29)21-9-8-19(17(2)31)14-20(21)26/h3-9,14H,10-13,15H2,1-2H3. The van der Waals surface area contributed by atoms with Gasteiger partial charge >= 0.3 is 0 Å². The lowest BCUT2D eigenvalue weighted by Crippen LogP contribution is -2.49. The van der Waals surface area contributed by atoms with Gasteiger partial charge in [-0.3, -0.25) is 9.59 Å². The summed E-state index contributed by atoms with van der Waals surface area (Å²) < 4.78 is 16.1. The van der Waals surface area contributed by atoms with Crippen LogP contribution in [0, 0.1) is 12.7 Å². The second-order valence-corrected chi connectivity index (χ2v) is 8.25. The highest BCUT2D eigenvalue weighted by Crippen LogP contribution is 2.26. The summed E-state index contributed by atoms with van der Waals surface area (Å²) in [6, 6.07) is 14.3. The average Bonchev–Trinajstić information content (AvgIpc) is 3.06. The van der Waals surface area contributed by atoms with Crippen molar-refractivity contribution in [3.05, 3.63) is 81.9 Å². The summed E-state index contributed by atoms with van der Waals surface area (Å²) in [4.78, 5) is 28.3. The Bertz CT molecular complexity index is 1150. The van der Waals surface area contributed by atoms with Gasteiger partial charge in [0, 0.05) is 31.7 Å². The van der Waals surface area contributed by atoms with E-state index in [1.54, 1.807) is 28.6 Å². The molecule has 0 unspecified atom stereocenters. The molecule has 4 rings (SSSR count). The lowest BCUT2D eigenvalue weighted by molar-refractivity contribution is 0.0745. The van der Waals surface area contributed by atoms with Crippen LogP contribution in [0.5, 0.6) is 0 Å². The molecule has 0 atom stereocenters. The van der Waals surface area contributed by atoms with Gasteiger partial charge in [-0.25, -0.2) is 9.07 Å². The molecule has 32 heavy (non-hydrogen) atoms. The molecular weight excluding hydrogens is 431 g/mol. The number of benzene rings is 2. The van der Waals surface area contributed by atoms with E-state index in [1.165, 1.54) is 13.0 Å². The van der Waals surface area contributed by atoms with Crippen LogP contribution in [0.15, 0.2) is 48.5 Å². The van der Waals surface area contributed by atoms with Gasteiger partial charge in [-0.1, -0.05) is 41.9 Å². The summed E-state index contributed by atoms with van der Waals surface area (Å²) >= 11 is 6.54. The molecule has 6 nitrogen and oxygen atoms in total. The molecule has 0 aliphatic carbocycles. The minimum absolute atomic E-state index is 0.168. The van der Waals surface area contributed by atoms with Crippen molar-refractivity contribution in [2.45, 2.75) is 20.4 Å². The summed E-state index contributed by atoms with van der Waals surface area (Å²) in [5, 5.41) is 4.79. The largest absolute Gasteiger partial charge is 0.366 e. The van der Waals surface area contributed by atoms with Crippen molar-refractivity contribution < 1.29 is 14.0 Å². The van der Waals surface area contributed by atoms with E-state index in [0.717, 1.165) is 5.56 Å². The van der Waals surface area contributed by atoms with Gasteiger partial charge in [0.25, 0.3) is 5.91 Å². The summed E-state index contributed by atoms with van der Waals surface area (Å²) in [6.45, 7) is 5.51. The first-order valence-electron chi connectivity index (χ1n) is 10.5. The number of carbonyl (C=O) groups is 2. The molecule has 8 heteroatoms. The SMILES string of the molecule is CC(=O)c1ccc(N2CCN(C(=O)c3c(C)nn(Cc4ccccc4)c3Cl)CC2)c(F)c1. The number of hydrogen-bond acceptors (Lipinski definition) is 4. The molecule has 0 radical (unpaired) electrons. The Morgan fingerprint density at radius 2 is 1.75 bits per heavy atom. The fraction of sp³-hybridized carbons (Fsp3) is 0.292. The number of ketones is 1. The third-order valence-electron chi connectivity index (χ3n) is 5.72. The molecule has 1 aromatic heterocycles. The van der Waals surface area contributed by atoms with Crippen LogP contribution < -0.4 is 4.90 Å². The van der Waals surface area contributed by atoms with E-state index in [9.17, 15) is 14.0 Å². The summed E-state index contributed by atoms with van der Waals surface area (Å²) in [5.74, 6) is -0.775. The van der Waals surface area contributed by atoms with Gasteiger partial charge in [0.1, 0.15) is 11.0 Å². The number of hydrogen-bond donors (Lipinski definition) is 0. The van der Waals surface area contributed by atoms with Crippen LogP contribution in [0.3, 0.4) is 0 Å². The number of aromatic nitrogens is 2. The van der Waals surface area contributed by atoms with Gasteiger partial charge in [0.2, 0.25) is 0 Å². The van der Waals surface area contributed by atoms with E-state index in [4.69, 9.17) is 11.6 Å². The summed E-state index contributed by atoms with van der Waals surface area (Å²) in [7, 11) is 0. The highest BCUT2D eigenvalue weighted by molar-refractivity contribution is 6.33. The van der Waals surface area contributed by atoms with Crippen LogP contribution in [0.25, 0.3) is 0 Å². The molecule has 1 fully saturated rings. The molecule has 0 bridgehead atoms. The van der Waals surface area contributed by atoms with Crippen LogP contribution >= 0.6 is 11.6 Å². The Morgan fingerprint density at radius 1 is 1.06 bits per heavy atom. The van der Waals surface area contributed by atoms with Gasteiger partial charge in [-0.05, 0) is 37.6 Å². The van der Waals surface area contributed by atoms with Crippen molar-refractivity contribution in [3.8, 4) is 0 Å². The number of nitrogens with zero attached hydrogens (tertiary/aromatic N) is 4. The van der Waals surface area contributed by atoms with Crippen molar-refractivity contribution in [1.82, 2.24) is 14.7 Å². The van der Waals surface area contributed by atoms with Crippen molar-refractivity contribution >= 4 is 29.0 Å². The molecule has 0 saturated carbocycles. The van der Waals surface area contributed by atoms with Crippen LogP contribution in [0.4, 0.5) is 10.1 Å². The molecular formula is C24H24ClFN4O2. The summed E-state index contributed by atoms with van der Waals surface area (Å²) in [6.07, 6.45) is 0. The van der Waals surface area contributed by atoms with E-state index in [2.05, 4.69) is 5.10 Å².